The van der Waals surface area contributed by atoms with Crippen LogP contribution in [0.2, 0.25) is 5.02 Å². The zero-order chi connectivity index (χ0) is 17.1. The van der Waals surface area contributed by atoms with Crippen LogP contribution in [0.1, 0.15) is 31.1 Å². The molecule has 0 spiro atoms. The minimum Gasteiger partial charge on any atom is -0.493 e. The molecule has 6 heteroatoms. The van der Waals surface area contributed by atoms with Crippen molar-refractivity contribution in [2.75, 3.05) is 33.8 Å². The predicted octanol–water partition coefficient (Wildman–Crippen LogP) is 2.91. The fourth-order valence-electron chi connectivity index (χ4n) is 2.80. The van der Waals surface area contributed by atoms with E-state index in [0.717, 1.165) is 13.1 Å². The molecule has 23 heavy (non-hydrogen) atoms. The lowest BCUT2D eigenvalue weighted by Crippen LogP contribution is -2.52. The normalized spacial score (nSPS) is 19.1. The molecule has 0 radical (unpaired) electrons. The van der Waals surface area contributed by atoms with E-state index in [2.05, 4.69) is 18.9 Å². The second kappa shape index (κ2) is 7.41. The summed E-state index contributed by atoms with van der Waals surface area (Å²) in [5.41, 5.74) is 0.527. The van der Waals surface area contributed by atoms with Crippen LogP contribution in [0.15, 0.2) is 12.1 Å². The third kappa shape index (κ3) is 4.09. The summed E-state index contributed by atoms with van der Waals surface area (Å²) in [4.78, 5) is 16.9. The quantitative estimate of drug-likeness (QED) is 0.845. The van der Waals surface area contributed by atoms with Gasteiger partial charge in [0.05, 0.1) is 18.2 Å². The number of benzene rings is 1. The molecule has 2 rings (SSSR count). The summed E-state index contributed by atoms with van der Waals surface area (Å²) < 4.78 is 11.1. The number of piperazine rings is 1. The van der Waals surface area contributed by atoms with Crippen molar-refractivity contribution in [1.82, 2.24) is 9.80 Å². The molecule has 1 heterocycles. The molecule has 1 amide bonds. The number of hydrogen-bond donors (Lipinski definition) is 0. The van der Waals surface area contributed by atoms with Crippen LogP contribution in [0.5, 0.6) is 11.5 Å². The minimum atomic E-state index is -0.0272. The molecule has 0 aromatic heterocycles. The SMILES string of the molecule is COc1cc(C(=O)N2CCN(C)C[C@H]2C)cc(Cl)c1OC(C)C. The molecule has 0 saturated carbocycles. The average molecular weight is 341 g/mol. The highest BCUT2D eigenvalue weighted by molar-refractivity contribution is 6.32. The summed E-state index contributed by atoms with van der Waals surface area (Å²) >= 11 is 6.32. The number of nitrogens with zero attached hydrogens (tertiary/aromatic N) is 2. The van der Waals surface area contributed by atoms with Gasteiger partial charge >= 0.3 is 0 Å². The number of amides is 1. The molecular formula is C17H25ClN2O3. The van der Waals surface area contributed by atoms with Crippen LogP contribution in [-0.2, 0) is 0 Å². The Morgan fingerprint density at radius 2 is 2.04 bits per heavy atom. The highest BCUT2D eigenvalue weighted by Gasteiger charge is 2.28. The van der Waals surface area contributed by atoms with Crippen LogP contribution < -0.4 is 9.47 Å². The second-order valence-corrected chi connectivity index (χ2v) is 6.67. The van der Waals surface area contributed by atoms with Crippen LogP contribution in [0.25, 0.3) is 0 Å². The summed E-state index contributed by atoms with van der Waals surface area (Å²) in [6.45, 7) is 8.34. The van der Waals surface area contributed by atoms with Crippen molar-refractivity contribution in [2.24, 2.45) is 0 Å². The van der Waals surface area contributed by atoms with Crippen molar-refractivity contribution in [3.8, 4) is 11.5 Å². The molecule has 1 fully saturated rings. The van der Waals surface area contributed by atoms with E-state index in [-0.39, 0.29) is 18.1 Å². The minimum absolute atomic E-state index is 0.0260. The number of methoxy groups -OCH3 is 1. The van der Waals surface area contributed by atoms with Crippen LogP contribution >= 0.6 is 11.6 Å². The van der Waals surface area contributed by atoms with E-state index in [1.165, 1.54) is 0 Å². The molecule has 1 aliphatic heterocycles. The zero-order valence-corrected chi connectivity index (χ0v) is 15.2. The maximum Gasteiger partial charge on any atom is 0.254 e. The maximum atomic E-state index is 12.8. The average Bonchev–Trinajstić information content (AvgIpc) is 2.48. The molecule has 0 N–H and O–H groups in total. The Hall–Kier alpha value is -1.46. The van der Waals surface area contributed by atoms with Gasteiger partial charge in [0.2, 0.25) is 0 Å². The van der Waals surface area contributed by atoms with E-state index in [1.807, 2.05) is 18.7 Å². The number of carbonyl (C=O) groups excluding carboxylic acids is 1. The molecular weight excluding hydrogens is 316 g/mol. The van der Waals surface area contributed by atoms with Crippen molar-refractivity contribution >= 4 is 17.5 Å². The summed E-state index contributed by atoms with van der Waals surface area (Å²) in [6.07, 6.45) is -0.0272. The van der Waals surface area contributed by atoms with Crippen molar-refractivity contribution in [3.05, 3.63) is 22.7 Å². The highest BCUT2D eigenvalue weighted by atomic mass is 35.5. The Kier molecular flexibility index (Phi) is 5.76. The van der Waals surface area contributed by atoms with Gasteiger partial charge in [0.1, 0.15) is 0 Å². The molecule has 1 aromatic carbocycles. The second-order valence-electron chi connectivity index (χ2n) is 6.27. The zero-order valence-electron chi connectivity index (χ0n) is 14.4. The first kappa shape index (κ1) is 17.9. The van der Waals surface area contributed by atoms with Gasteiger partial charge in [0.25, 0.3) is 5.91 Å². The van der Waals surface area contributed by atoms with Crippen LogP contribution in [0.3, 0.4) is 0 Å². The highest BCUT2D eigenvalue weighted by Crippen LogP contribution is 2.37. The molecule has 0 bridgehead atoms. The molecule has 0 unspecified atom stereocenters. The Bertz CT molecular complexity index is 577. The molecule has 0 aliphatic carbocycles. The summed E-state index contributed by atoms with van der Waals surface area (Å²) in [5.74, 6) is 0.936. The number of likely N-dealkylation sites (N-methyl/N-ethyl adjacent to an activating group) is 1. The van der Waals surface area contributed by atoms with Gasteiger partial charge in [0, 0.05) is 31.2 Å². The molecule has 1 aliphatic rings. The van der Waals surface area contributed by atoms with E-state index in [1.54, 1.807) is 19.2 Å². The lowest BCUT2D eigenvalue weighted by Gasteiger charge is -2.38. The van der Waals surface area contributed by atoms with Crippen LogP contribution in [-0.4, -0.2) is 61.6 Å². The van der Waals surface area contributed by atoms with Crippen LogP contribution in [0.4, 0.5) is 0 Å². The number of ether oxygens (including phenoxy) is 2. The Morgan fingerprint density at radius 1 is 1.35 bits per heavy atom. The van der Waals surface area contributed by atoms with Crippen molar-refractivity contribution in [1.29, 1.82) is 0 Å². The van der Waals surface area contributed by atoms with Gasteiger partial charge in [-0.3, -0.25) is 4.79 Å². The van der Waals surface area contributed by atoms with Gasteiger partial charge in [-0.05, 0) is 40.0 Å². The monoisotopic (exact) mass is 340 g/mol. The molecule has 1 atom stereocenters. The Balaban J connectivity index is 2.29. The van der Waals surface area contributed by atoms with Crippen molar-refractivity contribution < 1.29 is 14.3 Å². The maximum absolute atomic E-state index is 12.8. The lowest BCUT2D eigenvalue weighted by molar-refractivity contribution is 0.0533. The predicted molar refractivity (Wildman–Crippen MR) is 91.8 cm³/mol. The first-order valence-electron chi connectivity index (χ1n) is 7.87. The smallest absolute Gasteiger partial charge is 0.254 e. The molecule has 128 valence electrons. The van der Waals surface area contributed by atoms with Crippen LogP contribution in [0, 0.1) is 0 Å². The van der Waals surface area contributed by atoms with E-state index in [0.29, 0.717) is 28.6 Å². The standard InChI is InChI=1S/C17H25ClN2O3/c1-11(2)23-16-14(18)8-13(9-15(16)22-5)17(21)20-7-6-19(4)10-12(20)3/h8-9,11-12H,6-7,10H2,1-5H3/t12-/m1/s1. The van der Waals surface area contributed by atoms with Crippen molar-refractivity contribution in [3.63, 3.8) is 0 Å². The summed E-state index contributed by atoms with van der Waals surface area (Å²) in [7, 11) is 3.61. The fraction of sp³-hybridized carbons (Fsp3) is 0.588. The fourth-order valence-corrected chi connectivity index (χ4v) is 3.06. The molecule has 1 saturated heterocycles. The Morgan fingerprint density at radius 3 is 2.61 bits per heavy atom. The van der Waals surface area contributed by atoms with E-state index in [9.17, 15) is 4.79 Å². The van der Waals surface area contributed by atoms with Gasteiger partial charge in [-0.2, -0.15) is 0 Å². The summed E-state index contributed by atoms with van der Waals surface area (Å²) in [6, 6.07) is 3.53. The number of halogens is 1. The molecule has 1 aromatic rings. The third-order valence-electron chi connectivity index (χ3n) is 3.92. The summed E-state index contributed by atoms with van der Waals surface area (Å²) in [5, 5.41) is 0.392. The van der Waals surface area contributed by atoms with Gasteiger partial charge in [0.15, 0.2) is 11.5 Å². The number of rotatable bonds is 4. The largest absolute Gasteiger partial charge is 0.493 e. The van der Waals surface area contributed by atoms with Gasteiger partial charge < -0.3 is 19.3 Å². The topological polar surface area (TPSA) is 42.0 Å². The lowest BCUT2D eigenvalue weighted by atomic mass is 10.1. The van der Waals surface area contributed by atoms with Gasteiger partial charge in [-0.25, -0.2) is 0 Å². The number of hydrogen-bond acceptors (Lipinski definition) is 4. The van der Waals surface area contributed by atoms with E-state index >= 15 is 0 Å². The first-order chi connectivity index (χ1) is 10.8. The third-order valence-corrected chi connectivity index (χ3v) is 4.20. The Labute approximate surface area is 143 Å². The van der Waals surface area contributed by atoms with E-state index in [4.69, 9.17) is 21.1 Å². The van der Waals surface area contributed by atoms with Crippen molar-refractivity contribution in [2.45, 2.75) is 32.9 Å². The van der Waals surface area contributed by atoms with Gasteiger partial charge in [-0.15, -0.1) is 0 Å². The van der Waals surface area contributed by atoms with Gasteiger partial charge in [-0.1, -0.05) is 11.6 Å². The van der Waals surface area contributed by atoms with E-state index < -0.39 is 0 Å². The molecule has 5 nitrogen and oxygen atoms in total. The number of carbonyl (C=O) groups is 1. The first-order valence-corrected chi connectivity index (χ1v) is 8.25.